The van der Waals surface area contributed by atoms with Gasteiger partial charge in [-0.2, -0.15) is 14.9 Å². The molecule has 3 aromatic rings. The van der Waals surface area contributed by atoms with Crippen LogP contribution in [-0.4, -0.2) is 34.3 Å². The highest BCUT2D eigenvalue weighted by Crippen LogP contribution is 2.28. The van der Waals surface area contributed by atoms with Gasteiger partial charge in [0.1, 0.15) is 18.1 Å². The molecule has 0 saturated heterocycles. The minimum absolute atomic E-state index is 0.184. The number of para-hydroxylation sites is 2. The lowest BCUT2D eigenvalue weighted by Crippen LogP contribution is -2.00. The van der Waals surface area contributed by atoms with Gasteiger partial charge in [0.25, 0.3) is 0 Å². The summed E-state index contributed by atoms with van der Waals surface area (Å²) in [7, 11) is 0. The summed E-state index contributed by atoms with van der Waals surface area (Å²) < 4.78 is 13.2. The number of hydrogen-bond donors (Lipinski definition) is 1. The zero-order valence-corrected chi connectivity index (χ0v) is 15.6. The molecule has 136 valence electrons. The minimum atomic E-state index is 0.184. The first kappa shape index (κ1) is 18.4. The van der Waals surface area contributed by atoms with Crippen molar-refractivity contribution in [2.45, 2.75) is 6.92 Å². The number of hydrogen-bond acceptors (Lipinski definition) is 5. The van der Waals surface area contributed by atoms with Crippen LogP contribution in [0.4, 0.5) is 0 Å². The van der Waals surface area contributed by atoms with Gasteiger partial charge in [-0.1, -0.05) is 30.2 Å². The molecule has 6 nitrogen and oxygen atoms in total. The van der Waals surface area contributed by atoms with E-state index in [1.54, 1.807) is 10.9 Å². The fourth-order valence-electron chi connectivity index (χ4n) is 2.46. The van der Waals surface area contributed by atoms with E-state index in [0.29, 0.717) is 28.7 Å². The molecule has 0 aliphatic rings. The Morgan fingerprint density at radius 1 is 1.19 bits per heavy atom. The number of nitrogens with one attached hydrogen (secondary N) is 1. The van der Waals surface area contributed by atoms with E-state index in [1.807, 2.05) is 55.5 Å². The number of terminal acetylenes is 1. The fraction of sp³-hybridized carbons (Fsp3) is 0.150. The highest BCUT2D eigenvalue weighted by Gasteiger charge is 2.13. The summed E-state index contributed by atoms with van der Waals surface area (Å²) in [5.74, 6) is 4.37. The molecule has 1 N–H and O–H groups in total. The third-order valence-electron chi connectivity index (χ3n) is 3.62. The SMILES string of the molecule is C#CCOc1ccccc1/C=N\n1c(-c2ccccc2OCC)n[nH]c1=S. The molecule has 7 heteroatoms. The second-order valence-electron chi connectivity index (χ2n) is 5.37. The summed E-state index contributed by atoms with van der Waals surface area (Å²) in [6.45, 7) is 2.66. The molecule has 0 saturated carbocycles. The second-order valence-corrected chi connectivity index (χ2v) is 5.76. The largest absolute Gasteiger partial charge is 0.493 e. The van der Waals surface area contributed by atoms with Crippen LogP contribution < -0.4 is 9.47 Å². The fourth-order valence-corrected chi connectivity index (χ4v) is 2.64. The summed E-state index contributed by atoms with van der Waals surface area (Å²) in [5, 5.41) is 11.6. The Labute approximate surface area is 162 Å². The maximum atomic E-state index is 5.69. The number of H-pyrrole nitrogens is 1. The number of aromatic amines is 1. The van der Waals surface area contributed by atoms with Gasteiger partial charge in [0.15, 0.2) is 5.82 Å². The van der Waals surface area contributed by atoms with Crippen molar-refractivity contribution in [2.75, 3.05) is 13.2 Å². The highest BCUT2D eigenvalue weighted by atomic mass is 32.1. The molecule has 1 heterocycles. The standard InChI is InChI=1S/C20H18N4O2S/c1-3-13-26-17-11-7-5-9-15(17)14-21-24-19(22-23-20(24)27)16-10-6-8-12-18(16)25-4-2/h1,5-12,14H,4,13H2,2H3,(H,23,27)/b21-14-. The molecule has 0 bridgehead atoms. The van der Waals surface area contributed by atoms with Gasteiger partial charge in [0.05, 0.1) is 18.4 Å². The molecule has 2 aromatic carbocycles. The average molecular weight is 378 g/mol. The van der Waals surface area contributed by atoms with Gasteiger partial charge >= 0.3 is 0 Å². The molecular weight excluding hydrogens is 360 g/mol. The third-order valence-corrected chi connectivity index (χ3v) is 3.88. The lowest BCUT2D eigenvalue weighted by molar-refractivity contribution is 0.341. The Morgan fingerprint density at radius 2 is 1.93 bits per heavy atom. The van der Waals surface area contributed by atoms with Crippen LogP contribution in [0.3, 0.4) is 0 Å². The van der Waals surface area contributed by atoms with E-state index in [1.165, 1.54) is 0 Å². The van der Waals surface area contributed by atoms with E-state index < -0.39 is 0 Å². The Balaban J connectivity index is 1.99. The van der Waals surface area contributed by atoms with E-state index in [-0.39, 0.29) is 6.61 Å². The van der Waals surface area contributed by atoms with Crippen LogP contribution in [0.2, 0.25) is 0 Å². The maximum absolute atomic E-state index is 5.69. The third kappa shape index (κ3) is 4.25. The van der Waals surface area contributed by atoms with Gasteiger partial charge in [-0.3, -0.25) is 0 Å². The molecule has 0 spiro atoms. The van der Waals surface area contributed by atoms with Crippen molar-refractivity contribution in [1.82, 2.24) is 14.9 Å². The number of nitrogens with zero attached hydrogens (tertiary/aromatic N) is 3. The van der Waals surface area contributed by atoms with Crippen molar-refractivity contribution in [3.8, 4) is 35.2 Å². The molecular formula is C20H18N4O2S. The predicted octanol–water partition coefficient (Wildman–Crippen LogP) is 3.90. The van der Waals surface area contributed by atoms with Crippen molar-refractivity contribution >= 4 is 18.4 Å². The van der Waals surface area contributed by atoms with Gasteiger partial charge in [-0.05, 0) is 43.4 Å². The molecule has 0 unspecified atom stereocenters. The second kappa shape index (κ2) is 8.83. The Kier molecular flexibility index (Phi) is 6.02. The molecule has 27 heavy (non-hydrogen) atoms. The van der Waals surface area contributed by atoms with Crippen LogP contribution in [0.15, 0.2) is 53.6 Å². The molecule has 0 aliphatic carbocycles. The van der Waals surface area contributed by atoms with Crippen LogP contribution >= 0.6 is 12.2 Å². The van der Waals surface area contributed by atoms with Crippen LogP contribution in [0.1, 0.15) is 12.5 Å². The monoisotopic (exact) mass is 378 g/mol. The lowest BCUT2D eigenvalue weighted by Gasteiger charge is -2.09. The zero-order valence-electron chi connectivity index (χ0n) is 14.8. The van der Waals surface area contributed by atoms with E-state index in [9.17, 15) is 0 Å². The van der Waals surface area contributed by atoms with Crippen molar-refractivity contribution in [1.29, 1.82) is 0 Å². The van der Waals surface area contributed by atoms with E-state index in [0.717, 1.165) is 11.1 Å². The van der Waals surface area contributed by atoms with Crippen molar-refractivity contribution in [3.63, 3.8) is 0 Å². The number of aromatic nitrogens is 3. The van der Waals surface area contributed by atoms with Gasteiger partial charge in [-0.15, -0.1) is 6.42 Å². The molecule has 0 aliphatic heterocycles. The van der Waals surface area contributed by atoms with Crippen LogP contribution in [0.5, 0.6) is 11.5 Å². The summed E-state index contributed by atoms with van der Waals surface area (Å²) >= 11 is 5.33. The summed E-state index contributed by atoms with van der Waals surface area (Å²) in [6, 6.07) is 15.1. The minimum Gasteiger partial charge on any atom is -0.493 e. The quantitative estimate of drug-likeness (QED) is 0.385. The topological polar surface area (TPSA) is 64.4 Å². The molecule has 0 amide bonds. The molecule has 0 fully saturated rings. The first-order chi connectivity index (χ1) is 13.2. The summed E-state index contributed by atoms with van der Waals surface area (Å²) in [6.07, 6.45) is 6.93. The normalized spacial score (nSPS) is 10.7. The lowest BCUT2D eigenvalue weighted by atomic mass is 10.2. The van der Waals surface area contributed by atoms with Crippen molar-refractivity contribution in [3.05, 3.63) is 58.9 Å². The Bertz CT molecular complexity index is 1050. The van der Waals surface area contributed by atoms with Gasteiger partial charge in [0.2, 0.25) is 4.77 Å². The van der Waals surface area contributed by atoms with Crippen LogP contribution in [0.25, 0.3) is 11.4 Å². The molecule has 0 radical (unpaired) electrons. The first-order valence-electron chi connectivity index (χ1n) is 8.34. The molecule has 1 aromatic heterocycles. The Morgan fingerprint density at radius 3 is 2.70 bits per heavy atom. The van der Waals surface area contributed by atoms with Gasteiger partial charge in [-0.25, -0.2) is 5.10 Å². The Hall–Kier alpha value is -3.37. The number of rotatable bonds is 7. The highest BCUT2D eigenvalue weighted by molar-refractivity contribution is 7.71. The summed E-state index contributed by atoms with van der Waals surface area (Å²) in [4.78, 5) is 0. The van der Waals surface area contributed by atoms with E-state index >= 15 is 0 Å². The first-order valence-corrected chi connectivity index (χ1v) is 8.74. The number of ether oxygens (including phenoxy) is 2. The average Bonchev–Trinajstić information content (AvgIpc) is 3.06. The number of benzene rings is 2. The smallest absolute Gasteiger partial charge is 0.216 e. The van der Waals surface area contributed by atoms with E-state index in [4.69, 9.17) is 28.1 Å². The predicted molar refractivity (Wildman–Crippen MR) is 108 cm³/mol. The molecule has 3 rings (SSSR count). The van der Waals surface area contributed by atoms with Crippen molar-refractivity contribution < 1.29 is 9.47 Å². The van der Waals surface area contributed by atoms with Gasteiger partial charge < -0.3 is 9.47 Å². The van der Waals surface area contributed by atoms with Gasteiger partial charge in [0, 0.05) is 5.56 Å². The van der Waals surface area contributed by atoms with Crippen LogP contribution in [-0.2, 0) is 0 Å². The maximum Gasteiger partial charge on any atom is 0.216 e. The zero-order chi connectivity index (χ0) is 19.1. The van der Waals surface area contributed by atoms with E-state index in [2.05, 4.69) is 21.2 Å². The van der Waals surface area contributed by atoms with Crippen molar-refractivity contribution in [2.24, 2.45) is 5.10 Å². The van der Waals surface area contributed by atoms with Crippen LogP contribution in [0, 0.1) is 17.1 Å². The summed E-state index contributed by atoms with van der Waals surface area (Å²) in [5.41, 5.74) is 1.57. The molecule has 0 atom stereocenters.